The maximum atomic E-state index is 12.9. The van der Waals surface area contributed by atoms with Gasteiger partial charge in [-0.05, 0) is 18.6 Å². The molecule has 8 heteroatoms. The van der Waals surface area contributed by atoms with Gasteiger partial charge in [0, 0.05) is 18.9 Å². The van der Waals surface area contributed by atoms with Crippen LogP contribution in [0.5, 0.6) is 0 Å². The number of pyridine rings is 1. The van der Waals surface area contributed by atoms with Gasteiger partial charge in [-0.25, -0.2) is 4.98 Å². The number of halogens is 2. The summed E-state index contributed by atoms with van der Waals surface area (Å²) in [5, 5.41) is 0. The van der Waals surface area contributed by atoms with E-state index in [1.54, 1.807) is 6.92 Å². The zero-order chi connectivity index (χ0) is 14.2. The Morgan fingerprint density at radius 3 is 2.79 bits per heavy atom. The molecule has 2 heterocycles. The van der Waals surface area contributed by atoms with E-state index in [-0.39, 0.29) is 18.9 Å². The van der Waals surface area contributed by atoms with Crippen LogP contribution in [0.15, 0.2) is 12.3 Å². The van der Waals surface area contributed by atoms with Crippen molar-refractivity contribution in [3.8, 4) is 0 Å². The number of aryl methyl sites for hydroxylation is 1. The molecule has 1 atom stereocenters. The molecule has 1 aliphatic heterocycles. The summed E-state index contributed by atoms with van der Waals surface area (Å²) in [6, 6.07) is 1.18. The number of amides is 1. The summed E-state index contributed by atoms with van der Waals surface area (Å²) in [6.45, 7) is 1.71. The highest BCUT2D eigenvalue weighted by Gasteiger charge is 2.34. The minimum atomic E-state index is -4.61. The van der Waals surface area contributed by atoms with E-state index in [0.29, 0.717) is 11.3 Å². The number of carbonyl (C=O) groups is 1. The lowest BCUT2D eigenvalue weighted by atomic mass is 10.1. The van der Waals surface area contributed by atoms with Crippen LogP contribution in [-0.2, 0) is 15.0 Å². The molecule has 0 spiro atoms. The van der Waals surface area contributed by atoms with Crippen molar-refractivity contribution in [3.63, 3.8) is 0 Å². The second-order valence-electron chi connectivity index (χ2n) is 4.57. The Bertz CT molecular complexity index is 618. The zero-order valence-corrected chi connectivity index (χ0v) is 11.0. The van der Waals surface area contributed by atoms with Crippen LogP contribution in [0, 0.1) is 18.8 Å². The predicted molar refractivity (Wildman–Crippen MR) is 64.3 cm³/mol. The monoisotopic (exact) mass is 290 g/mol. The minimum absolute atomic E-state index is 0.0417. The number of hydrogen-bond acceptors (Lipinski definition) is 4. The summed E-state index contributed by atoms with van der Waals surface area (Å²) in [5.41, 5.74) is 0.940. The van der Waals surface area contributed by atoms with Gasteiger partial charge >= 0.3 is 10.2 Å². The second kappa shape index (κ2) is 4.84. The quantitative estimate of drug-likeness (QED) is 0.619. The molecule has 0 aromatic carbocycles. The molecule has 19 heavy (non-hydrogen) atoms. The Hall–Kier alpha value is -1.57. The Labute approximate surface area is 109 Å². The molecule has 1 aliphatic rings. The van der Waals surface area contributed by atoms with E-state index in [9.17, 15) is 21.5 Å². The normalized spacial score (nSPS) is 20.1. The summed E-state index contributed by atoms with van der Waals surface area (Å²) < 4.78 is 46.7. The number of anilines is 1. The van der Waals surface area contributed by atoms with Crippen LogP contribution in [-0.4, -0.2) is 31.6 Å². The molecule has 0 radical (unpaired) electrons. The second-order valence-corrected chi connectivity index (χ2v) is 5.98. The number of carbonyl (C=O) groups excluding carboxylic acids is 1. The highest BCUT2D eigenvalue weighted by Crippen LogP contribution is 2.28. The summed E-state index contributed by atoms with van der Waals surface area (Å²) >= 11 is 0. The molecule has 1 amide bonds. The summed E-state index contributed by atoms with van der Waals surface area (Å²) in [4.78, 5) is 16.6. The largest absolute Gasteiger partial charge is 0.310 e. The third-order valence-electron chi connectivity index (χ3n) is 2.98. The first-order valence-electron chi connectivity index (χ1n) is 5.61. The lowest BCUT2D eigenvalue weighted by molar-refractivity contribution is -0.117. The van der Waals surface area contributed by atoms with Gasteiger partial charge in [0.15, 0.2) is 0 Å². The summed E-state index contributed by atoms with van der Waals surface area (Å²) in [5.74, 6) is -2.24. The van der Waals surface area contributed by atoms with E-state index in [0.717, 1.165) is 0 Å². The van der Waals surface area contributed by atoms with E-state index in [1.165, 1.54) is 17.2 Å². The fourth-order valence-electron chi connectivity index (χ4n) is 2.20. The third-order valence-corrected chi connectivity index (χ3v) is 3.85. The maximum absolute atomic E-state index is 12.9. The van der Waals surface area contributed by atoms with Gasteiger partial charge in [-0.1, -0.05) is 0 Å². The van der Waals surface area contributed by atoms with E-state index in [4.69, 9.17) is 0 Å². The van der Waals surface area contributed by atoms with Gasteiger partial charge in [-0.2, -0.15) is 12.8 Å². The molecule has 1 saturated heterocycles. The number of rotatable bonds is 3. The van der Waals surface area contributed by atoms with Crippen molar-refractivity contribution in [2.45, 2.75) is 13.3 Å². The van der Waals surface area contributed by atoms with Gasteiger partial charge in [0.1, 0.15) is 0 Å². The van der Waals surface area contributed by atoms with Crippen LogP contribution in [0.2, 0.25) is 0 Å². The van der Waals surface area contributed by atoms with E-state index in [1.807, 2.05) is 0 Å². The minimum Gasteiger partial charge on any atom is -0.310 e. The van der Waals surface area contributed by atoms with Crippen molar-refractivity contribution in [1.82, 2.24) is 4.98 Å². The number of nitrogens with zero attached hydrogens (tertiary/aromatic N) is 2. The van der Waals surface area contributed by atoms with Gasteiger partial charge in [-0.15, -0.1) is 3.89 Å². The lowest BCUT2D eigenvalue weighted by Gasteiger charge is -2.18. The molecule has 1 aromatic heterocycles. The van der Waals surface area contributed by atoms with Crippen molar-refractivity contribution in [2.75, 3.05) is 17.2 Å². The van der Waals surface area contributed by atoms with Crippen LogP contribution < -0.4 is 4.90 Å². The summed E-state index contributed by atoms with van der Waals surface area (Å²) in [6.07, 6.45) is 1.18. The molecule has 0 bridgehead atoms. The third kappa shape index (κ3) is 3.25. The zero-order valence-electron chi connectivity index (χ0n) is 10.1. The average molecular weight is 290 g/mol. The summed E-state index contributed by atoms with van der Waals surface area (Å²) in [7, 11) is -4.61. The van der Waals surface area contributed by atoms with E-state index in [2.05, 4.69) is 4.98 Å². The molecule has 104 valence electrons. The van der Waals surface area contributed by atoms with Crippen LogP contribution in [0.25, 0.3) is 0 Å². The lowest BCUT2D eigenvalue weighted by Crippen LogP contribution is -2.26. The molecule has 2 rings (SSSR count). The van der Waals surface area contributed by atoms with Crippen molar-refractivity contribution < 1.29 is 21.5 Å². The van der Waals surface area contributed by atoms with Crippen molar-refractivity contribution in [2.24, 2.45) is 5.92 Å². The van der Waals surface area contributed by atoms with Gasteiger partial charge in [0.25, 0.3) is 0 Å². The average Bonchev–Trinajstić information content (AvgIpc) is 2.56. The van der Waals surface area contributed by atoms with Gasteiger partial charge < -0.3 is 4.90 Å². The first-order chi connectivity index (χ1) is 8.76. The molecule has 5 nitrogen and oxygen atoms in total. The molecule has 1 aromatic rings. The maximum Gasteiger partial charge on any atom is 0.302 e. The molecule has 1 fully saturated rings. The standard InChI is InChI=1S/C11H12F2N2O3S/c1-7-2-10(12)14-4-9(7)15-5-8(3-11(15)16)6-19(13,17)18/h2,4,8H,3,5-6H2,1H3. The molecule has 0 aliphatic carbocycles. The molecular formula is C11H12F2N2O3S. The first-order valence-corrected chi connectivity index (χ1v) is 7.16. The van der Waals surface area contributed by atoms with Crippen LogP contribution in [0.4, 0.5) is 14.0 Å². The highest BCUT2D eigenvalue weighted by molar-refractivity contribution is 7.86. The Morgan fingerprint density at radius 1 is 1.53 bits per heavy atom. The number of aromatic nitrogens is 1. The molecule has 1 unspecified atom stereocenters. The fraction of sp³-hybridized carbons (Fsp3) is 0.455. The first kappa shape index (κ1) is 13.9. The Morgan fingerprint density at radius 2 is 2.21 bits per heavy atom. The Kier molecular flexibility index (Phi) is 3.53. The van der Waals surface area contributed by atoms with E-state index >= 15 is 0 Å². The highest BCUT2D eigenvalue weighted by atomic mass is 32.3. The van der Waals surface area contributed by atoms with Gasteiger partial charge in [0.05, 0.1) is 17.6 Å². The fourth-order valence-corrected chi connectivity index (χ4v) is 2.99. The van der Waals surface area contributed by atoms with Crippen LogP contribution in [0.1, 0.15) is 12.0 Å². The SMILES string of the molecule is Cc1cc(F)ncc1N1CC(CS(=O)(=O)F)CC1=O. The molecular weight excluding hydrogens is 278 g/mol. The van der Waals surface area contributed by atoms with Crippen molar-refractivity contribution >= 4 is 21.8 Å². The van der Waals surface area contributed by atoms with Crippen molar-refractivity contribution in [3.05, 3.63) is 23.8 Å². The van der Waals surface area contributed by atoms with Crippen LogP contribution in [0.3, 0.4) is 0 Å². The topological polar surface area (TPSA) is 67.3 Å². The van der Waals surface area contributed by atoms with Crippen LogP contribution >= 0.6 is 0 Å². The van der Waals surface area contributed by atoms with Crippen molar-refractivity contribution in [1.29, 1.82) is 0 Å². The smallest absolute Gasteiger partial charge is 0.302 e. The Balaban J connectivity index is 2.20. The predicted octanol–water partition coefficient (Wildman–Crippen LogP) is 1.18. The van der Waals surface area contributed by atoms with Gasteiger partial charge in [0.2, 0.25) is 11.9 Å². The number of hydrogen-bond donors (Lipinski definition) is 0. The molecule has 0 N–H and O–H groups in total. The van der Waals surface area contributed by atoms with E-state index < -0.39 is 27.8 Å². The van der Waals surface area contributed by atoms with Gasteiger partial charge in [-0.3, -0.25) is 4.79 Å². The molecule has 0 saturated carbocycles.